The van der Waals surface area contributed by atoms with Gasteiger partial charge in [0.2, 0.25) is 0 Å². The van der Waals surface area contributed by atoms with Crippen molar-refractivity contribution >= 4 is 0 Å². The Balaban J connectivity index is 5.57. The van der Waals surface area contributed by atoms with Crippen LogP contribution in [-0.4, -0.2) is 31.8 Å². The molecule has 0 aliphatic carbocycles. The zero-order valence-corrected chi connectivity index (χ0v) is 3.02. The molecule has 0 aromatic carbocycles. The van der Waals surface area contributed by atoms with Crippen LogP contribution in [0.4, 0.5) is 0 Å². The molecule has 0 fully saturated rings. The summed E-state index contributed by atoms with van der Waals surface area (Å²) in [5.41, 5.74) is 4.82. The van der Waals surface area contributed by atoms with Crippen LogP contribution in [0.5, 0.6) is 0 Å². The van der Waals surface area contributed by atoms with Gasteiger partial charge < -0.3 is 10.6 Å². The molecule has 0 heterocycles. The third-order valence-corrected chi connectivity index (χ3v) is 0.176. The smallest absolute Gasteiger partial charge is 0.0444 e. The molecule has 2 nitrogen and oxygen atoms in total. The summed E-state index contributed by atoms with van der Waals surface area (Å²) < 4.78 is 69.8. The van der Waals surface area contributed by atoms with E-state index in [0.29, 0.717) is 0 Å². The van der Waals surface area contributed by atoms with Gasteiger partial charge in [-0.1, -0.05) is 0 Å². The Morgan fingerprint density at radius 1 is 2.00 bits per heavy atom. The molecule has 0 unspecified atom stereocenters. The monoisotopic (exact) mass is 98.2 g/mol. The minimum Gasteiger partial charge on any atom is -0.329 e. The lowest BCUT2D eigenvalue weighted by Gasteiger charge is -2.03. The van der Waals surface area contributed by atoms with Crippen molar-refractivity contribution in [2.45, 2.75) is 0 Å². The van der Waals surface area contributed by atoms with Gasteiger partial charge in [0.05, 0.1) is 0 Å². The number of likely N-dealkylation sites (N-methyl/N-ethyl adjacent to an activating group) is 1. The first-order valence-corrected chi connectivity index (χ1v) is 1.21. The molecular formula is C4H12N2. The normalized spacial score (nSPS) is 43.7. The number of nitrogens with zero attached hydrogens (tertiary/aromatic N) is 1. The molecule has 0 aromatic heterocycles. The van der Waals surface area contributed by atoms with Gasteiger partial charge >= 0.3 is 0 Å². The molecule has 0 aliphatic rings. The topological polar surface area (TPSA) is 29.3 Å². The number of hydrogen-bond donors (Lipinski definition) is 1. The quantitative estimate of drug-likeness (QED) is 0.505. The van der Waals surface area contributed by atoms with Crippen molar-refractivity contribution in [2.24, 2.45) is 5.73 Å². The van der Waals surface area contributed by atoms with Crippen molar-refractivity contribution in [2.75, 3.05) is 26.9 Å². The van der Waals surface area contributed by atoms with Crippen LogP contribution in [0.25, 0.3) is 0 Å². The van der Waals surface area contributed by atoms with Gasteiger partial charge in [0.25, 0.3) is 0 Å². The van der Waals surface area contributed by atoms with Gasteiger partial charge in [0.1, 0.15) is 0 Å². The standard InChI is InChI=1S/C4H12N2/c1-6(2)4-3-5/h3-5H2,1-2H3/i1D3,2D3,3D2,4D2. The van der Waals surface area contributed by atoms with E-state index in [0.717, 1.165) is 0 Å². The minimum atomic E-state index is -3.36. The largest absolute Gasteiger partial charge is 0.329 e. The van der Waals surface area contributed by atoms with E-state index in [9.17, 15) is 0 Å². The van der Waals surface area contributed by atoms with Crippen molar-refractivity contribution in [1.29, 1.82) is 0 Å². The van der Waals surface area contributed by atoms with Crippen LogP contribution in [0.2, 0.25) is 0 Å². The van der Waals surface area contributed by atoms with Crippen molar-refractivity contribution < 1.29 is 13.7 Å². The first kappa shape index (κ1) is 0.644. The molecule has 0 spiro atoms. The van der Waals surface area contributed by atoms with Crippen LogP contribution >= 0.6 is 0 Å². The fraction of sp³-hybridized carbons (Fsp3) is 1.00. The third-order valence-electron chi connectivity index (χ3n) is 0.176. The Kier molecular flexibility index (Phi) is 0.335. The average Bonchev–Trinajstić information content (AvgIpc) is 1.72. The van der Waals surface area contributed by atoms with Crippen LogP contribution in [0.1, 0.15) is 13.7 Å². The Labute approximate surface area is 53.0 Å². The van der Waals surface area contributed by atoms with E-state index in [1.165, 1.54) is 0 Å². The summed E-state index contributed by atoms with van der Waals surface area (Å²) in [6.45, 7) is -13.2. The van der Waals surface area contributed by atoms with E-state index < -0.39 is 31.8 Å². The first-order valence-electron chi connectivity index (χ1n) is 6.21. The molecule has 2 heteroatoms. The highest BCUT2D eigenvalue weighted by Crippen LogP contribution is 1.64. The Morgan fingerprint density at radius 3 is 2.83 bits per heavy atom. The van der Waals surface area contributed by atoms with Gasteiger partial charge in [-0.25, -0.2) is 0 Å². The zero-order chi connectivity index (χ0) is 13.6. The lowest BCUT2D eigenvalue weighted by Crippen LogP contribution is -2.20. The predicted molar refractivity (Wildman–Crippen MR) is 27.6 cm³/mol. The van der Waals surface area contributed by atoms with E-state index in [2.05, 4.69) is 0 Å². The summed E-state index contributed by atoms with van der Waals surface area (Å²) in [6, 6.07) is 0. The molecule has 0 radical (unpaired) electrons. The van der Waals surface area contributed by atoms with Gasteiger partial charge in [-0.15, -0.1) is 0 Å². The van der Waals surface area contributed by atoms with E-state index in [1.807, 2.05) is 0 Å². The van der Waals surface area contributed by atoms with Crippen LogP contribution in [0.3, 0.4) is 0 Å². The van der Waals surface area contributed by atoms with Gasteiger partial charge in [0, 0.05) is 26.7 Å². The highest BCUT2D eigenvalue weighted by Gasteiger charge is 1.79. The molecule has 2 N–H and O–H groups in total. The van der Waals surface area contributed by atoms with Crippen molar-refractivity contribution in [3.05, 3.63) is 0 Å². The minimum absolute atomic E-state index is 0.521. The molecular weight excluding hydrogens is 76.1 g/mol. The Bertz CT molecular complexity index is 231. The molecule has 0 amide bonds. The SMILES string of the molecule is [2H]C([2H])([2H])N(C([2H])([2H])[2H])C([2H])([2H])C([2H])([2H])N. The molecule has 0 aromatic rings. The van der Waals surface area contributed by atoms with E-state index >= 15 is 0 Å². The van der Waals surface area contributed by atoms with Gasteiger partial charge in [0.15, 0.2) is 0 Å². The second kappa shape index (κ2) is 3.12. The maximum absolute atomic E-state index is 7.22. The van der Waals surface area contributed by atoms with E-state index in [4.69, 9.17) is 19.4 Å². The summed E-state index contributed by atoms with van der Waals surface area (Å²) >= 11 is 0. The molecule has 0 saturated heterocycles. The summed E-state index contributed by atoms with van der Waals surface area (Å²) in [5, 5.41) is 0. The second-order valence-corrected chi connectivity index (χ2v) is 0.592. The molecule has 6 heavy (non-hydrogen) atoms. The molecule has 38 valence electrons. The maximum Gasteiger partial charge on any atom is 0.0444 e. The van der Waals surface area contributed by atoms with Crippen LogP contribution in [-0.2, 0) is 0 Å². The van der Waals surface area contributed by atoms with Crippen LogP contribution < -0.4 is 5.73 Å². The fourth-order valence-corrected chi connectivity index (χ4v) is 0.0645. The van der Waals surface area contributed by atoms with Crippen molar-refractivity contribution in [3.8, 4) is 0 Å². The first-order chi connectivity index (χ1) is 6.62. The fourth-order valence-electron chi connectivity index (χ4n) is 0.0645. The van der Waals surface area contributed by atoms with Crippen molar-refractivity contribution in [1.82, 2.24) is 4.90 Å². The zero-order valence-electron chi connectivity index (χ0n) is 13.0. The van der Waals surface area contributed by atoms with Gasteiger partial charge in [-0.3, -0.25) is 0 Å². The molecule has 0 rings (SSSR count). The van der Waals surface area contributed by atoms with Crippen molar-refractivity contribution in [3.63, 3.8) is 0 Å². The van der Waals surface area contributed by atoms with Crippen LogP contribution in [0.15, 0.2) is 0 Å². The summed E-state index contributed by atoms with van der Waals surface area (Å²) in [6.07, 6.45) is 0. The van der Waals surface area contributed by atoms with Gasteiger partial charge in [-0.2, -0.15) is 0 Å². The molecule has 0 aliphatic heterocycles. The third kappa shape index (κ3) is 3.92. The maximum atomic E-state index is 7.22. The Morgan fingerprint density at radius 2 is 2.67 bits per heavy atom. The average molecular weight is 98.2 g/mol. The summed E-state index contributed by atoms with van der Waals surface area (Å²) in [5.74, 6) is 0. The number of nitrogens with two attached hydrogens (primary N) is 1. The van der Waals surface area contributed by atoms with E-state index in [-0.39, 0.29) is 0 Å². The van der Waals surface area contributed by atoms with E-state index in [1.54, 1.807) is 0 Å². The lowest BCUT2D eigenvalue weighted by atomic mass is 10.6. The lowest BCUT2D eigenvalue weighted by molar-refractivity contribution is 0.420. The highest BCUT2D eigenvalue weighted by molar-refractivity contribution is 4.38. The number of hydrogen-bond acceptors (Lipinski definition) is 2. The molecule has 0 saturated carbocycles. The second-order valence-electron chi connectivity index (χ2n) is 0.592. The van der Waals surface area contributed by atoms with Gasteiger partial charge in [-0.05, 0) is 14.0 Å². The molecule has 0 atom stereocenters. The molecule has 0 bridgehead atoms. The number of rotatable bonds is 2. The highest BCUT2D eigenvalue weighted by atomic mass is 15.1. The predicted octanol–water partition coefficient (Wildman–Crippen LogP) is -0.493. The Hall–Kier alpha value is -0.0800. The summed E-state index contributed by atoms with van der Waals surface area (Å²) in [4.78, 5) is -0.521. The summed E-state index contributed by atoms with van der Waals surface area (Å²) in [7, 11) is 0. The van der Waals surface area contributed by atoms with Crippen LogP contribution in [0, 0.1) is 0 Å².